The topological polar surface area (TPSA) is 54.9 Å². The van der Waals surface area contributed by atoms with Crippen LogP contribution in [0.1, 0.15) is 15.9 Å². The van der Waals surface area contributed by atoms with Gasteiger partial charge in [0.1, 0.15) is 6.33 Å². The maximum absolute atomic E-state index is 11.9. The molecule has 19 heavy (non-hydrogen) atoms. The van der Waals surface area contributed by atoms with Crippen LogP contribution in [0.25, 0.3) is 0 Å². The summed E-state index contributed by atoms with van der Waals surface area (Å²) in [6, 6.07) is 4.78. The number of nitrogens with one attached hydrogen (secondary N) is 1. The van der Waals surface area contributed by atoms with Crippen molar-refractivity contribution in [3.63, 3.8) is 0 Å². The van der Waals surface area contributed by atoms with Crippen molar-refractivity contribution in [1.82, 2.24) is 15.3 Å². The quantitative estimate of drug-likeness (QED) is 0.944. The molecular weight excluding hydrogens is 285 g/mol. The predicted molar refractivity (Wildman–Crippen MR) is 74.5 cm³/mol. The molecule has 0 unspecified atom stereocenters. The van der Waals surface area contributed by atoms with Gasteiger partial charge < -0.3 is 5.32 Å². The highest BCUT2D eigenvalue weighted by Gasteiger charge is 2.07. The van der Waals surface area contributed by atoms with Gasteiger partial charge >= 0.3 is 0 Å². The van der Waals surface area contributed by atoms with Crippen molar-refractivity contribution in [3.05, 3.63) is 58.1 Å². The molecule has 0 bridgehead atoms. The Morgan fingerprint density at radius 2 is 1.89 bits per heavy atom. The molecule has 1 N–H and O–H groups in total. The lowest BCUT2D eigenvalue weighted by Crippen LogP contribution is -2.25. The second-order valence-corrected chi connectivity index (χ2v) is 4.70. The summed E-state index contributed by atoms with van der Waals surface area (Å²) in [5.41, 5.74) is 1.45. The lowest BCUT2D eigenvalue weighted by atomic mass is 10.2. The Balaban J connectivity index is 1.89. The Kier molecular flexibility index (Phi) is 4.71. The van der Waals surface area contributed by atoms with Crippen LogP contribution in [0, 0.1) is 0 Å². The van der Waals surface area contributed by atoms with Crippen LogP contribution in [0.15, 0.2) is 36.9 Å². The molecule has 0 aliphatic rings. The zero-order chi connectivity index (χ0) is 13.7. The minimum Gasteiger partial charge on any atom is -0.352 e. The summed E-state index contributed by atoms with van der Waals surface area (Å²) < 4.78 is 0. The molecule has 0 radical (unpaired) electrons. The van der Waals surface area contributed by atoms with Crippen molar-refractivity contribution in [2.75, 3.05) is 6.54 Å². The number of amides is 1. The van der Waals surface area contributed by atoms with Crippen LogP contribution in [0.2, 0.25) is 10.0 Å². The Hall–Kier alpha value is -1.65. The Morgan fingerprint density at radius 1 is 1.16 bits per heavy atom. The van der Waals surface area contributed by atoms with Gasteiger partial charge in [-0.15, -0.1) is 0 Å². The molecule has 0 saturated heterocycles. The second-order valence-electron chi connectivity index (χ2n) is 3.88. The number of carbonyl (C=O) groups is 1. The molecule has 1 heterocycles. The number of nitrogens with zero attached hydrogens (tertiary/aromatic N) is 2. The minimum absolute atomic E-state index is 0.185. The van der Waals surface area contributed by atoms with Gasteiger partial charge in [-0.2, -0.15) is 0 Å². The van der Waals surface area contributed by atoms with E-state index in [0.29, 0.717) is 28.6 Å². The molecule has 2 rings (SSSR count). The summed E-state index contributed by atoms with van der Waals surface area (Å²) in [6.45, 7) is 0.506. The summed E-state index contributed by atoms with van der Waals surface area (Å²) in [5, 5.41) is 3.59. The molecule has 0 aliphatic heterocycles. The van der Waals surface area contributed by atoms with Gasteiger partial charge in [-0.3, -0.25) is 4.79 Å². The zero-order valence-electron chi connectivity index (χ0n) is 9.94. The highest BCUT2D eigenvalue weighted by molar-refractivity contribution is 6.42. The first-order valence-electron chi connectivity index (χ1n) is 5.64. The van der Waals surface area contributed by atoms with Gasteiger partial charge in [0.15, 0.2) is 0 Å². The molecule has 0 fully saturated rings. The summed E-state index contributed by atoms with van der Waals surface area (Å²) in [4.78, 5) is 19.7. The molecule has 98 valence electrons. The van der Waals surface area contributed by atoms with E-state index in [1.807, 2.05) is 0 Å². The number of carbonyl (C=O) groups excluding carboxylic acids is 1. The third kappa shape index (κ3) is 3.91. The average Bonchev–Trinajstić information content (AvgIpc) is 2.43. The van der Waals surface area contributed by atoms with Crippen LogP contribution in [-0.2, 0) is 6.42 Å². The molecule has 0 aliphatic carbocycles. The van der Waals surface area contributed by atoms with E-state index in [4.69, 9.17) is 23.2 Å². The van der Waals surface area contributed by atoms with E-state index in [9.17, 15) is 4.79 Å². The van der Waals surface area contributed by atoms with Crippen molar-refractivity contribution in [1.29, 1.82) is 0 Å². The SMILES string of the molecule is O=C(NCCc1cncnc1)c1ccc(Cl)c(Cl)c1. The number of aromatic nitrogens is 2. The van der Waals surface area contributed by atoms with Crippen molar-refractivity contribution in [3.8, 4) is 0 Å². The van der Waals surface area contributed by atoms with Crippen LogP contribution < -0.4 is 5.32 Å². The van der Waals surface area contributed by atoms with E-state index in [1.165, 1.54) is 6.33 Å². The van der Waals surface area contributed by atoms with Crippen LogP contribution in [0.4, 0.5) is 0 Å². The molecule has 0 saturated carbocycles. The number of benzene rings is 1. The van der Waals surface area contributed by atoms with Crippen LogP contribution in [0.3, 0.4) is 0 Å². The van der Waals surface area contributed by atoms with E-state index >= 15 is 0 Å². The number of hydrogen-bond acceptors (Lipinski definition) is 3. The molecular formula is C13H11Cl2N3O. The van der Waals surface area contributed by atoms with Gasteiger partial charge in [0.2, 0.25) is 0 Å². The van der Waals surface area contributed by atoms with Crippen molar-refractivity contribution in [2.45, 2.75) is 6.42 Å². The molecule has 1 aromatic heterocycles. The van der Waals surface area contributed by atoms with Crippen LogP contribution >= 0.6 is 23.2 Å². The Morgan fingerprint density at radius 3 is 2.58 bits per heavy atom. The largest absolute Gasteiger partial charge is 0.352 e. The molecule has 2 aromatic rings. The highest BCUT2D eigenvalue weighted by atomic mass is 35.5. The third-order valence-electron chi connectivity index (χ3n) is 2.50. The van der Waals surface area contributed by atoms with Gasteiger partial charge in [-0.25, -0.2) is 9.97 Å². The number of rotatable bonds is 4. The molecule has 4 nitrogen and oxygen atoms in total. The van der Waals surface area contributed by atoms with Crippen molar-refractivity contribution < 1.29 is 4.79 Å². The fraction of sp³-hybridized carbons (Fsp3) is 0.154. The van der Waals surface area contributed by atoms with Crippen molar-refractivity contribution in [2.24, 2.45) is 0 Å². The summed E-state index contributed by atoms with van der Waals surface area (Å²) in [7, 11) is 0. The smallest absolute Gasteiger partial charge is 0.251 e. The van der Waals surface area contributed by atoms with Gasteiger partial charge in [-0.1, -0.05) is 23.2 Å². The molecule has 6 heteroatoms. The normalized spacial score (nSPS) is 10.2. The van der Waals surface area contributed by atoms with Gasteiger partial charge in [-0.05, 0) is 30.2 Å². The number of hydrogen-bond donors (Lipinski definition) is 1. The molecule has 1 aromatic carbocycles. The monoisotopic (exact) mass is 295 g/mol. The highest BCUT2D eigenvalue weighted by Crippen LogP contribution is 2.22. The van der Waals surface area contributed by atoms with Gasteiger partial charge in [0.25, 0.3) is 5.91 Å². The lowest BCUT2D eigenvalue weighted by molar-refractivity contribution is 0.0954. The fourth-order valence-corrected chi connectivity index (χ4v) is 1.82. The maximum Gasteiger partial charge on any atom is 0.251 e. The molecule has 0 atom stereocenters. The van der Waals surface area contributed by atoms with Gasteiger partial charge in [0.05, 0.1) is 10.0 Å². The van der Waals surface area contributed by atoms with Crippen molar-refractivity contribution >= 4 is 29.1 Å². The predicted octanol–water partition coefficient (Wildman–Crippen LogP) is 2.76. The summed E-state index contributed by atoms with van der Waals surface area (Å²) in [5.74, 6) is -0.185. The summed E-state index contributed by atoms with van der Waals surface area (Å²) in [6.07, 6.45) is 5.59. The minimum atomic E-state index is -0.185. The molecule has 1 amide bonds. The number of halogens is 2. The van der Waals surface area contributed by atoms with E-state index in [0.717, 1.165) is 5.56 Å². The summed E-state index contributed by atoms with van der Waals surface area (Å²) >= 11 is 11.7. The zero-order valence-corrected chi connectivity index (χ0v) is 11.4. The van der Waals surface area contributed by atoms with Crippen LogP contribution in [0.5, 0.6) is 0 Å². The van der Waals surface area contributed by atoms with Gasteiger partial charge in [0, 0.05) is 24.5 Å². The Bertz CT molecular complexity index is 575. The standard InChI is InChI=1S/C13H11Cl2N3O/c14-11-2-1-10(5-12(11)15)13(19)18-4-3-9-6-16-8-17-7-9/h1-2,5-8H,3-4H2,(H,18,19). The van der Waals surface area contributed by atoms with E-state index in [-0.39, 0.29) is 5.91 Å². The first-order valence-corrected chi connectivity index (χ1v) is 6.39. The molecule has 0 spiro atoms. The Labute approximate surface area is 120 Å². The van der Waals surface area contributed by atoms with Crippen LogP contribution in [-0.4, -0.2) is 22.4 Å². The third-order valence-corrected chi connectivity index (χ3v) is 3.23. The lowest BCUT2D eigenvalue weighted by Gasteiger charge is -2.06. The van der Waals surface area contributed by atoms with E-state index in [1.54, 1.807) is 30.6 Å². The first kappa shape index (κ1) is 13.8. The average molecular weight is 296 g/mol. The van der Waals surface area contributed by atoms with E-state index in [2.05, 4.69) is 15.3 Å². The first-order chi connectivity index (χ1) is 9.16. The second kappa shape index (κ2) is 6.50. The fourth-order valence-electron chi connectivity index (χ4n) is 1.52. The van der Waals surface area contributed by atoms with E-state index < -0.39 is 0 Å². The maximum atomic E-state index is 11.9.